The molecular weight excluding hydrogens is 489 g/mol. The molecule has 3 rings (SSSR count). The molecule has 8 nitrogen and oxygen atoms in total. The van der Waals surface area contributed by atoms with Crippen molar-refractivity contribution in [2.45, 2.75) is 19.4 Å². The normalized spacial score (nSPS) is 11.4. The number of thiazole rings is 1. The maximum absolute atomic E-state index is 12.1. The second-order valence-corrected chi connectivity index (χ2v) is 8.84. The summed E-state index contributed by atoms with van der Waals surface area (Å²) in [7, 11) is 0. The fraction of sp³-hybridized carbons (Fsp3) is 0.182. The number of hydrogen-bond acceptors (Lipinski definition) is 7. The van der Waals surface area contributed by atoms with Crippen molar-refractivity contribution in [1.29, 1.82) is 0 Å². The largest absolute Gasteiger partial charge is 0.478 e. The van der Waals surface area contributed by atoms with Gasteiger partial charge in [0.15, 0.2) is 17.3 Å². The van der Waals surface area contributed by atoms with Crippen LogP contribution in [0.4, 0.5) is 5.13 Å². The Bertz CT molecular complexity index is 1160. The fourth-order valence-electron chi connectivity index (χ4n) is 2.47. The number of amides is 1. The molecule has 0 unspecified atom stereocenters. The molecule has 3 aromatic rings. The predicted octanol–water partition coefficient (Wildman–Crippen LogP) is 5.35. The molecule has 0 spiro atoms. The maximum Gasteiger partial charge on any atom is 0.347 e. The third-order valence-corrected chi connectivity index (χ3v) is 5.66. The molecule has 11 heteroatoms. The summed E-state index contributed by atoms with van der Waals surface area (Å²) >= 11 is 13.3. The average Bonchev–Trinajstić information content (AvgIpc) is 3.21. The molecule has 33 heavy (non-hydrogen) atoms. The zero-order valence-corrected chi connectivity index (χ0v) is 19.9. The van der Waals surface area contributed by atoms with E-state index in [4.69, 9.17) is 37.9 Å². The summed E-state index contributed by atoms with van der Waals surface area (Å²) in [6.07, 6.45) is 1.34. The molecule has 1 aromatic heterocycles. The number of carboxylic acids is 1. The monoisotopic (exact) mass is 507 g/mol. The minimum Gasteiger partial charge on any atom is -0.478 e. The Kier molecular flexibility index (Phi) is 7.91. The third-order valence-electron chi connectivity index (χ3n) is 4.24. The van der Waals surface area contributed by atoms with Gasteiger partial charge in [0, 0.05) is 16.5 Å². The third kappa shape index (κ3) is 6.67. The molecule has 1 heterocycles. The number of nitrogens with zero attached hydrogens (tertiary/aromatic N) is 2. The number of benzene rings is 2. The van der Waals surface area contributed by atoms with E-state index < -0.39 is 17.5 Å². The number of aliphatic carboxylic acids is 1. The second-order valence-electron chi connectivity index (χ2n) is 7.17. The number of anilines is 1. The first-order valence-electron chi connectivity index (χ1n) is 9.53. The van der Waals surface area contributed by atoms with Crippen LogP contribution in [0.25, 0.3) is 11.3 Å². The van der Waals surface area contributed by atoms with Crippen LogP contribution in [0, 0.1) is 0 Å². The van der Waals surface area contributed by atoms with E-state index in [1.807, 2.05) is 0 Å². The number of ether oxygens (including phenoxy) is 1. The van der Waals surface area contributed by atoms with E-state index >= 15 is 0 Å². The summed E-state index contributed by atoms with van der Waals surface area (Å²) in [4.78, 5) is 32.6. The van der Waals surface area contributed by atoms with Crippen molar-refractivity contribution < 1.29 is 24.3 Å². The zero-order chi connectivity index (χ0) is 24.0. The Morgan fingerprint density at radius 3 is 2.48 bits per heavy atom. The van der Waals surface area contributed by atoms with Gasteiger partial charge in [0.1, 0.15) is 5.75 Å². The van der Waals surface area contributed by atoms with Crippen LogP contribution in [-0.2, 0) is 14.4 Å². The maximum atomic E-state index is 12.1. The van der Waals surface area contributed by atoms with Crippen LogP contribution >= 0.6 is 34.5 Å². The number of oxime groups is 1. The van der Waals surface area contributed by atoms with Gasteiger partial charge in [-0.1, -0.05) is 34.4 Å². The van der Waals surface area contributed by atoms with Crippen molar-refractivity contribution in [3.63, 3.8) is 0 Å². The first-order valence-corrected chi connectivity index (χ1v) is 11.2. The lowest BCUT2D eigenvalue weighted by Gasteiger charge is -2.21. The molecule has 172 valence electrons. The summed E-state index contributed by atoms with van der Waals surface area (Å²) in [5.74, 6) is -1.07. The molecule has 0 atom stereocenters. The highest BCUT2D eigenvalue weighted by Crippen LogP contribution is 2.28. The first-order chi connectivity index (χ1) is 15.7. The Balaban J connectivity index is 1.53. The summed E-state index contributed by atoms with van der Waals surface area (Å²) in [5.41, 5.74) is 0.579. The average molecular weight is 508 g/mol. The summed E-state index contributed by atoms with van der Waals surface area (Å²) in [5, 5.41) is 18.5. The van der Waals surface area contributed by atoms with E-state index in [1.54, 1.807) is 47.8 Å². The topological polar surface area (TPSA) is 110 Å². The molecule has 0 saturated carbocycles. The Morgan fingerprint density at radius 2 is 1.85 bits per heavy atom. The minimum absolute atomic E-state index is 0.321. The Labute approximate surface area is 203 Å². The van der Waals surface area contributed by atoms with Gasteiger partial charge in [-0.15, -0.1) is 11.3 Å². The van der Waals surface area contributed by atoms with Crippen molar-refractivity contribution in [2.24, 2.45) is 5.16 Å². The summed E-state index contributed by atoms with van der Waals surface area (Å²) in [6, 6.07) is 11.9. The van der Waals surface area contributed by atoms with Crippen LogP contribution in [0.1, 0.15) is 19.4 Å². The minimum atomic E-state index is -1.34. The van der Waals surface area contributed by atoms with Gasteiger partial charge in [-0.25, -0.2) is 9.78 Å². The molecule has 0 saturated heterocycles. The lowest BCUT2D eigenvalue weighted by atomic mass is 10.1. The van der Waals surface area contributed by atoms with Crippen molar-refractivity contribution in [2.75, 3.05) is 11.9 Å². The van der Waals surface area contributed by atoms with Crippen LogP contribution in [0.5, 0.6) is 5.75 Å². The lowest BCUT2D eigenvalue weighted by molar-refractivity contribution is -0.152. The van der Waals surface area contributed by atoms with Crippen molar-refractivity contribution in [1.82, 2.24) is 4.98 Å². The van der Waals surface area contributed by atoms with Gasteiger partial charge < -0.3 is 14.7 Å². The lowest BCUT2D eigenvalue weighted by Crippen LogP contribution is -2.37. The highest BCUT2D eigenvalue weighted by Gasteiger charge is 2.29. The van der Waals surface area contributed by atoms with Gasteiger partial charge in [0.05, 0.1) is 22.0 Å². The molecule has 0 bridgehead atoms. The molecule has 0 aliphatic carbocycles. The highest BCUT2D eigenvalue weighted by molar-refractivity contribution is 7.14. The van der Waals surface area contributed by atoms with Crippen LogP contribution in [0.15, 0.2) is 53.0 Å². The number of carboxylic acid groups (broad SMARTS) is 1. The van der Waals surface area contributed by atoms with E-state index in [1.165, 1.54) is 31.4 Å². The number of nitrogens with one attached hydrogen (secondary N) is 1. The van der Waals surface area contributed by atoms with Gasteiger partial charge in [0.2, 0.25) is 0 Å². The molecule has 0 aliphatic rings. The first kappa shape index (κ1) is 24.5. The number of carbonyl (C=O) groups excluding carboxylic acids is 1. The predicted molar refractivity (Wildman–Crippen MR) is 129 cm³/mol. The molecule has 1 amide bonds. The Morgan fingerprint density at radius 1 is 1.18 bits per heavy atom. The standard InChI is InChI=1S/C22H19Cl2N3O5S/c1-22(2,20(29)30)32-14-8-6-13(7-9-14)18-12-33-21(26-18)27-19(28)11-31-25-10-15-16(23)4-3-5-17(15)24/h3-10,12H,11H2,1-2H3,(H,29,30)(H,26,27,28)/b25-10+. The summed E-state index contributed by atoms with van der Waals surface area (Å²) < 4.78 is 5.49. The highest BCUT2D eigenvalue weighted by atomic mass is 35.5. The molecular formula is C22H19Cl2N3O5S. The van der Waals surface area contributed by atoms with E-state index in [-0.39, 0.29) is 6.61 Å². The number of aromatic nitrogens is 1. The van der Waals surface area contributed by atoms with E-state index in [9.17, 15) is 9.59 Å². The van der Waals surface area contributed by atoms with Gasteiger partial charge in [-0.2, -0.15) is 0 Å². The van der Waals surface area contributed by atoms with Crippen LogP contribution in [0.2, 0.25) is 10.0 Å². The van der Waals surface area contributed by atoms with E-state index in [0.717, 1.165) is 5.56 Å². The van der Waals surface area contributed by atoms with Gasteiger partial charge >= 0.3 is 5.97 Å². The number of rotatable bonds is 9. The van der Waals surface area contributed by atoms with Crippen molar-refractivity contribution in [3.05, 3.63) is 63.5 Å². The molecule has 2 aromatic carbocycles. The quantitative estimate of drug-likeness (QED) is 0.298. The van der Waals surface area contributed by atoms with E-state index in [0.29, 0.717) is 32.2 Å². The van der Waals surface area contributed by atoms with Crippen LogP contribution in [0.3, 0.4) is 0 Å². The van der Waals surface area contributed by atoms with Crippen molar-refractivity contribution in [3.8, 4) is 17.0 Å². The van der Waals surface area contributed by atoms with Gasteiger partial charge in [-0.05, 0) is 50.2 Å². The fourth-order valence-corrected chi connectivity index (χ4v) is 3.70. The van der Waals surface area contributed by atoms with E-state index in [2.05, 4.69) is 15.5 Å². The second kappa shape index (κ2) is 10.7. The number of hydrogen-bond donors (Lipinski definition) is 2. The van der Waals surface area contributed by atoms with Gasteiger partial charge in [-0.3, -0.25) is 10.1 Å². The number of carbonyl (C=O) groups is 2. The van der Waals surface area contributed by atoms with Crippen LogP contribution in [-0.4, -0.2) is 40.4 Å². The molecule has 0 aliphatic heterocycles. The smallest absolute Gasteiger partial charge is 0.347 e. The zero-order valence-electron chi connectivity index (χ0n) is 17.5. The number of halogens is 2. The summed E-state index contributed by atoms with van der Waals surface area (Å²) in [6.45, 7) is 2.62. The molecule has 0 fully saturated rings. The van der Waals surface area contributed by atoms with Crippen LogP contribution < -0.4 is 10.1 Å². The molecule has 2 N–H and O–H groups in total. The Hall–Kier alpha value is -3.14. The molecule has 0 radical (unpaired) electrons. The SMILES string of the molecule is CC(C)(Oc1ccc(-c2csc(NC(=O)CO/N=C/c3c(Cl)cccc3Cl)n2)cc1)C(=O)O. The van der Waals surface area contributed by atoms with Crippen molar-refractivity contribution >= 4 is 57.8 Å². The van der Waals surface area contributed by atoms with Gasteiger partial charge in [0.25, 0.3) is 5.91 Å².